The van der Waals surface area contributed by atoms with Crippen molar-refractivity contribution in [3.8, 4) is 0 Å². The summed E-state index contributed by atoms with van der Waals surface area (Å²) in [7, 11) is 1.93. The Balaban J connectivity index is 1.80. The zero-order chi connectivity index (χ0) is 15.2. The van der Waals surface area contributed by atoms with Crippen molar-refractivity contribution in [3.63, 3.8) is 0 Å². The Hall–Kier alpha value is -1.39. The number of carbonyl (C=O) groups is 1. The lowest BCUT2D eigenvalue weighted by atomic mass is 9.90. The fraction of sp³-hybridized carbons (Fsp3) is 0.812. The molecule has 2 rings (SSSR count). The molecule has 21 heavy (non-hydrogen) atoms. The highest BCUT2D eigenvalue weighted by atomic mass is 16.1. The second-order valence-corrected chi connectivity index (χ2v) is 6.44. The van der Waals surface area contributed by atoms with Crippen molar-refractivity contribution in [1.82, 2.24) is 20.1 Å². The maximum Gasteiger partial charge on any atom is 0.223 e. The van der Waals surface area contributed by atoms with Crippen LogP contribution in [0.3, 0.4) is 0 Å². The van der Waals surface area contributed by atoms with E-state index in [9.17, 15) is 4.79 Å². The molecule has 0 saturated heterocycles. The number of aromatic nitrogens is 3. The SMILES string of the molecule is CCC(CC1CCCC1)C(=O)NCC(C)c1nncn1C. The van der Waals surface area contributed by atoms with Crippen LogP contribution < -0.4 is 5.32 Å². The van der Waals surface area contributed by atoms with Crippen LogP contribution in [0.1, 0.15) is 64.1 Å². The van der Waals surface area contributed by atoms with E-state index in [1.165, 1.54) is 25.7 Å². The van der Waals surface area contributed by atoms with Gasteiger partial charge in [0.1, 0.15) is 12.2 Å². The molecule has 0 bridgehead atoms. The maximum absolute atomic E-state index is 12.4. The van der Waals surface area contributed by atoms with Gasteiger partial charge >= 0.3 is 0 Å². The van der Waals surface area contributed by atoms with Gasteiger partial charge in [-0.3, -0.25) is 4.79 Å². The second-order valence-electron chi connectivity index (χ2n) is 6.44. The monoisotopic (exact) mass is 292 g/mol. The van der Waals surface area contributed by atoms with E-state index in [0.717, 1.165) is 24.6 Å². The molecule has 0 spiro atoms. The van der Waals surface area contributed by atoms with E-state index in [0.29, 0.717) is 6.54 Å². The standard InChI is InChI=1S/C16H28N4O/c1-4-14(9-13-7-5-6-8-13)16(21)17-10-12(2)15-19-18-11-20(15)3/h11-14H,4-10H2,1-3H3,(H,17,21). The van der Waals surface area contributed by atoms with Crippen LogP contribution in [0.4, 0.5) is 0 Å². The van der Waals surface area contributed by atoms with Crippen LogP contribution in [0.5, 0.6) is 0 Å². The predicted octanol–water partition coefficient (Wildman–Crippen LogP) is 2.64. The molecule has 1 N–H and O–H groups in total. The minimum absolute atomic E-state index is 0.166. The summed E-state index contributed by atoms with van der Waals surface area (Å²) in [6.45, 7) is 4.82. The number of amides is 1. The van der Waals surface area contributed by atoms with Crippen LogP contribution in [0.15, 0.2) is 6.33 Å². The van der Waals surface area contributed by atoms with E-state index in [2.05, 4.69) is 29.4 Å². The minimum Gasteiger partial charge on any atom is -0.355 e. The molecule has 0 aromatic carbocycles. The fourth-order valence-corrected chi connectivity index (χ4v) is 3.34. The average Bonchev–Trinajstić information content (AvgIpc) is 3.13. The van der Waals surface area contributed by atoms with Crippen molar-refractivity contribution in [1.29, 1.82) is 0 Å². The minimum atomic E-state index is 0.166. The Labute approximate surface area is 127 Å². The van der Waals surface area contributed by atoms with E-state index in [-0.39, 0.29) is 17.7 Å². The van der Waals surface area contributed by atoms with Gasteiger partial charge in [0, 0.05) is 25.4 Å². The molecule has 0 radical (unpaired) electrons. The van der Waals surface area contributed by atoms with Crippen LogP contribution >= 0.6 is 0 Å². The summed E-state index contributed by atoms with van der Waals surface area (Å²) < 4.78 is 1.91. The first-order valence-corrected chi connectivity index (χ1v) is 8.23. The lowest BCUT2D eigenvalue weighted by molar-refractivity contribution is -0.125. The van der Waals surface area contributed by atoms with E-state index >= 15 is 0 Å². The first kappa shape index (κ1) is 16.0. The van der Waals surface area contributed by atoms with Crippen molar-refractivity contribution in [2.45, 2.75) is 58.3 Å². The van der Waals surface area contributed by atoms with Gasteiger partial charge in [0.2, 0.25) is 5.91 Å². The summed E-state index contributed by atoms with van der Waals surface area (Å²) in [5.74, 6) is 2.24. The molecule has 1 amide bonds. The summed E-state index contributed by atoms with van der Waals surface area (Å²) in [5, 5.41) is 11.1. The summed E-state index contributed by atoms with van der Waals surface area (Å²) in [4.78, 5) is 12.4. The van der Waals surface area contributed by atoms with Crippen LogP contribution in [0.25, 0.3) is 0 Å². The van der Waals surface area contributed by atoms with E-state index < -0.39 is 0 Å². The topological polar surface area (TPSA) is 59.8 Å². The molecule has 0 aliphatic heterocycles. The maximum atomic E-state index is 12.4. The molecule has 1 saturated carbocycles. The van der Waals surface area contributed by atoms with E-state index in [1.807, 2.05) is 11.6 Å². The molecule has 2 unspecified atom stereocenters. The normalized spacial score (nSPS) is 18.6. The van der Waals surface area contributed by atoms with Crippen molar-refractivity contribution in [2.24, 2.45) is 18.9 Å². The number of hydrogen-bond acceptors (Lipinski definition) is 3. The van der Waals surface area contributed by atoms with Gasteiger partial charge in [-0.15, -0.1) is 10.2 Å². The third kappa shape index (κ3) is 4.29. The molecular formula is C16H28N4O. The third-order valence-electron chi connectivity index (χ3n) is 4.73. The summed E-state index contributed by atoms with van der Waals surface area (Å²) in [6.07, 6.45) is 8.97. The van der Waals surface area contributed by atoms with Crippen molar-refractivity contribution < 1.29 is 4.79 Å². The van der Waals surface area contributed by atoms with Crippen LogP contribution in [0, 0.1) is 11.8 Å². The Morgan fingerprint density at radius 3 is 2.76 bits per heavy atom. The molecular weight excluding hydrogens is 264 g/mol. The number of nitrogens with zero attached hydrogens (tertiary/aromatic N) is 3. The van der Waals surface area contributed by atoms with Crippen LogP contribution in [-0.2, 0) is 11.8 Å². The molecule has 1 heterocycles. The summed E-state index contributed by atoms with van der Waals surface area (Å²) >= 11 is 0. The zero-order valence-electron chi connectivity index (χ0n) is 13.5. The molecule has 1 fully saturated rings. The van der Waals surface area contributed by atoms with Gasteiger partial charge in [0.15, 0.2) is 0 Å². The molecule has 1 aromatic rings. The summed E-state index contributed by atoms with van der Waals surface area (Å²) in [6, 6.07) is 0. The quantitative estimate of drug-likeness (QED) is 0.840. The predicted molar refractivity (Wildman–Crippen MR) is 82.8 cm³/mol. The molecule has 1 aromatic heterocycles. The number of aryl methyl sites for hydroxylation is 1. The molecule has 118 valence electrons. The highest BCUT2D eigenvalue weighted by Gasteiger charge is 2.24. The Kier molecular flexibility index (Phi) is 5.76. The molecule has 5 nitrogen and oxygen atoms in total. The first-order chi connectivity index (χ1) is 10.1. The Bertz CT molecular complexity index is 451. The number of hydrogen-bond donors (Lipinski definition) is 1. The third-order valence-corrected chi connectivity index (χ3v) is 4.73. The van der Waals surface area contributed by atoms with E-state index in [1.54, 1.807) is 6.33 Å². The smallest absolute Gasteiger partial charge is 0.223 e. The zero-order valence-corrected chi connectivity index (χ0v) is 13.5. The van der Waals surface area contributed by atoms with Gasteiger partial charge in [0.25, 0.3) is 0 Å². The van der Waals surface area contributed by atoms with Gasteiger partial charge in [-0.25, -0.2) is 0 Å². The largest absolute Gasteiger partial charge is 0.355 e. The van der Waals surface area contributed by atoms with Gasteiger partial charge in [-0.1, -0.05) is 39.5 Å². The van der Waals surface area contributed by atoms with Gasteiger partial charge in [0.05, 0.1) is 0 Å². The number of carbonyl (C=O) groups excluding carboxylic acids is 1. The molecule has 1 aliphatic carbocycles. The van der Waals surface area contributed by atoms with Gasteiger partial charge in [-0.2, -0.15) is 0 Å². The number of rotatable bonds is 7. The van der Waals surface area contributed by atoms with Crippen LogP contribution in [0.2, 0.25) is 0 Å². The molecule has 5 heteroatoms. The molecule has 2 atom stereocenters. The molecule has 1 aliphatic rings. The Morgan fingerprint density at radius 1 is 1.48 bits per heavy atom. The highest BCUT2D eigenvalue weighted by Crippen LogP contribution is 2.31. The second kappa shape index (κ2) is 7.57. The lowest BCUT2D eigenvalue weighted by Gasteiger charge is -2.20. The van der Waals surface area contributed by atoms with Crippen molar-refractivity contribution in [2.75, 3.05) is 6.54 Å². The fourth-order valence-electron chi connectivity index (χ4n) is 3.34. The van der Waals surface area contributed by atoms with Gasteiger partial charge in [-0.05, 0) is 18.8 Å². The highest BCUT2D eigenvalue weighted by molar-refractivity contribution is 5.78. The first-order valence-electron chi connectivity index (χ1n) is 8.23. The van der Waals surface area contributed by atoms with Gasteiger partial charge < -0.3 is 9.88 Å². The average molecular weight is 292 g/mol. The summed E-state index contributed by atoms with van der Waals surface area (Å²) in [5.41, 5.74) is 0. The van der Waals surface area contributed by atoms with E-state index in [4.69, 9.17) is 0 Å². The van der Waals surface area contributed by atoms with Crippen molar-refractivity contribution >= 4 is 5.91 Å². The van der Waals surface area contributed by atoms with Crippen LogP contribution in [-0.4, -0.2) is 27.2 Å². The lowest BCUT2D eigenvalue weighted by Crippen LogP contribution is -2.34. The van der Waals surface area contributed by atoms with Crippen molar-refractivity contribution in [3.05, 3.63) is 12.2 Å². The Morgan fingerprint density at radius 2 is 2.19 bits per heavy atom. The number of nitrogens with one attached hydrogen (secondary N) is 1.